The molecule has 1 aliphatic heterocycles. The predicted octanol–water partition coefficient (Wildman–Crippen LogP) is 2.31. The van der Waals surface area contributed by atoms with Gasteiger partial charge in [-0.15, -0.1) is 11.3 Å². The summed E-state index contributed by atoms with van der Waals surface area (Å²) in [6.45, 7) is 1.74. The Morgan fingerprint density at radius 2 is 2.09 bits per heavy atom. The highest BCUT2D eigenvalue weighted by Crippen LogP contribution is 2.31. The van der Waals surface area contributed by atoms with Crippen molar-refractivity contribution in [3.8, 4) is 17.1 Å². The highest BCUT2D eigenvalue weighted by Gasteiger charge is 2.19. The number of thiophene rings is 1. The van der Waals surface area contributed by atoms with E-state index in [0.717, 1.165) is 46.6 Å². The Morgan fingerprint density at radius 3 is 2.86 bits per heavy atom. The standard InChI is InChI=1S/C16H15N3O2S/c1-21-10-4-2-9(3-5-10)14-18-15(20)13-11-6-7-17-8-12(11)22-16(13)19-14/h2-5,17H,6-8H2,1H3,(H,18,19,20). The zero-order chi connectivity index (χ0) is 15.1. The molecule has 22 heavy (non-hydrogen) atoms. The Hall–Kier alpha value is -2.18. The van der Waals surface area contributed by atoms with Crippen molar-refractivity contribution < 1.29 is 4.74 Å². The van der Waals surface area contributed by atoms with Crippen LogP contribution in [-0.4, -0.2) is 23.6 Å². The van der Waals surface area contributed by atoms with Gasteiger partial charge in [-0.1, -0.05) is 0 Å². The molecule has 0 fully saturated rings. The number of rotatable bonds is 2. The lowest BCUT2D eigenvalue weighted by molar-refractivity contribution is 0.415. The average molecular weight is 313 g/mol. The third-order valence-corrected chi connectivity index (χ3v) is 5.07. The highest BCUT2D eigenvalue weighted by atomic mass is 32.1. The fourth-order valence-corrected chi connectivity index (χ4v) is 4.01. The summed E-state index contributed by atoms with van der Waals surface area (Å²) in [4.78, 5) is 22.1. The number of aromatic nitrogens is 2. The van der Waals surface area contributed by atoms with Crippen LogP contribution in [0.4, 0.5) is 0 Å². The van der Waals surface area contributed by atoms with E-state index in [1.54, 1.807) is 18.4 Å². The smallest absolute Gasteiger partial charge is 0.260 e. The zero-order valence-corrected chi connectivity index (χ0v) is 12.9. The van der Waals surface area contributed by atoms with Crippen molar-refractivity contribution in [3.05, 3.63) is 45.1 Å². The Balaban J connectivity index is 1.87. The second kappa shape index (κ2) is 5.23. The van der Waals surface area contributed by atoms with Crippen molar-refractivity contribution in [1.82, 2.24) is 15.3 Å². The van der Waals surface area contributed by atoms with Gasteiger partial charge in [-0.3, -0.25) is 4.79 Å². The van der Waals surface area contributed by atoms with E-state index in [-0.39, 0.29) is 5.56 Å². The van der Waals surface area contributed by atoms with E-state index in [2.05, 4.69) is 15.3 Å². The number of nitrogens with one attached hydrogen (secondary N) is 2. The Morgan fingerprint density at radius 1 is 1.27 bits per heavy atom. The molecule has 6 heteroatoms. The molecule has 0 spiro atoms. The molecule has 0 aliphatic carbocycles. The summed E-state index contributed by atoms with van der Waals surface area (Å²) in [7, 11) is 1.63. The van der Waals surface area contributed by atoms with Gasteiger partial charge in [-0.05, 0) is 42.8 Å². The van der Waals surface area contributed by atoms with E-state index < -0.39 is 0 Å². The molecule has 0 radical (unpaired) electrons. The first-order valence-corrected chi connectivity index (χ1v) is 7.97. The van der Waals surface area contributed by atoms with Crippen LogP contribution in [0.25, 0.3) is 21.6 Å². The number of hydrogen-bond donors (Lipinski definition) is 2. The van der Waals surface area contributed by atoms with E-state index in [1.165, 1.54) is 4.88 Å². The van der Waals surface area contributed by atoms with Gasteiger partial charge in [0.25, 0.3) is 5.56 Å². The first kappa shape index (κ1) is 13.5. The molecule has 4 rings (SSSR count). The van der Waals surface area contributed by atoms with Crippen LogP contribution in [0.2, 0.25) is 0 Å². The molecule has 2 aromatic heterocycles. The van der Waals surface area contributed by atoms with Gasteiger partial charge >= 0.3 is 0 Å². The van der Waals surface area contributed by atoms with Crippen molar-refractivity contribution in [2.75, 3.05) is 13.7 Å². The number of aromatic amines is 1. The van der Waals surface area contributed by atoms with E-state index >= 15 is 0 Å². The van der Waals surface area contributed by atoms with Crippen molar-refractivity contribution >= 4 is 21.6 Å². The zero-order valence-electron chi connectivity index (χ0n) is 12.1. The summed E-state index contributed by atoms with van der Waals surface area (Å²) in [6.07, 6.45) is 0.891. The lowest BCUT2D eigenvalue weighted by atomic mass is 10.1. The largest absolute Gasteiger partial charge is 0.497 e. The molecule has 3 heterocycles. The summed E-state index contributed by atoms with van der Waals surface area (Å²) in [5.74, 6) is 1.39. The fourth-order valence-electron chi connectivity index (χ4n) is 2.82. The number of fused-ring (bicyclic) bond motifs is 3. The molecule has 1 aromatic carbocycles. The summed E-state index contributed by atoms with van der Waals surface area (Å²) in [6, 6.07) is 7.53. The molecule has 0 saturated heterocycles. The lowest BCUT2D eigenvalue weighted by Crippen LogP contribution is -2.23. The van der Waals surface area contributed by atoms with Crippen molar-refractivity contribution in [2.45, 2.75) is 13.0 Å². The molecule has 0 atom stereocenters. The van der Waals surface area contributed by atoms with E-state index in [4.69, 9.17) is 4.74 Å². The number of benzene rings is 1. The monoisotopic (exact) mass is 313 g/mol. The van der Waals surface area contributed by atoms with Crippen LogP contribution in [0.1, 0.15) is 10.4 Å². The van der Waals surface area contributed by atoms with Crippen LogP contribution < -0.4 is 15.6 Å². The lowest BCUT2D eigenvalue weighted by Gasteiger charge is -2.11. The third kappa shape index (κ3) is 2.12. The van der Waals surface area contributed by atoms with Gasteiger partial charge in [0, 0.05) is 17.0 Å². The van der Waals surface area contributed by atoms with Gasteiger partial charge in [0.15, 0.2) is 0 Å². The molecule has 5 nitrogen and oxygen atoms in total. The van der Waals surface area contributed by atoms with Crippen LogP contribution in [-0.2, 0) is 13.0 Å². The summed E-state index contributed by atoms with van der Waals surface area (Å²) in [5.41, 5.74) is 1.99. The van der Waals surface area contributed by atoms with Gasteiger partial charge in [-0.2, -0.15) is 0 Å². The molecular formula is C16H15N3O2S. The minimum Gasteiger partial charge on any atom is -0.497 e. The average Bonchev–Trinajstić information content (AvgIpc) is 2.93. The topological polar surface area (TPSA) is 67.0 Å². The maximum Gasteiger partial charge on any atom is 0.260 e. The minimum absolute atomic E-state index is 0.0461. The summed E-state index contributed by atoms with van der Waals surface area (Å²) < 4.78 is 5.16. The fraction of sp³-hybridized carbons (Fsp3) is 0.250. The molecule has 2 N–H and O–H groups in total. The molecule has 112 valence electrons. The number of hydrogen-bond acceptors (Lipinski definition) is 5. The minimum atomic E-state index is -0.0461. The first-order chi connectivity index (χ1) is 10.8. The van der Waals surface area contributed by atoms with Crippen LogP contribution in [0, 0.1) is 0 Å². The number of methoxy groups -OCH3 is 1. The van der Waals surface area contributed by atoms with Gasteiger partial charge in [0.2, 0.25) is 0 Å². The number of ether oxygens (including phenoxy) is 1. The van der Waals surface area contributed by atoms with Crippen LogP contribution in [0.5, 0.6) is 5.75 Å². The maximum atomic E-state index is 12.5. The molecular weight excluding hydrogens is 298 g/mol. The van der Waals surface area contributed by atoms with Gasteiger partial charge in [-0.25, -0.2) is 4.98 Å². The third-order valence-electron chi connectivity index (χ3n) is 3.95. The molecule has 0 unspecified atom stereocenters. The normalized spacial score (nSPS) is 14.0. The Kier molecular flexibility index (Phi) is 3.20. The van der Waals surface area contributed by atoms with Gasteiger partial charge in [0.1, 0.15) is 16.4 Å². The molecule has 0 bridgehead atoms. The van der Waals surface area contributed by atoms with E-state index in [9.17, 15) is 4.79 Å². The maximum absolute atomic E-state index is 12.5. The quantitative estimate of drug-likeness (QED) is 0.762. The first-order valence-electron chi connectivity index (χ1n) is 7.16. The van der Waals surface area contributed by atoms with E-state index in [1.807, 2.05) is 24.3 Å². The Labute approximate surface area is 131 Å². The summed E-state index contributed by atoms with van der Waals surface area (Å²) in [5, 5.41) is 4.10. The highest BCUT2D eigenvalue weighted by molar-refractivity contribution is 7.18. The SMILES string of the molecule is COc1ccc(-c2nc3sc4c(c3c(=O)[nH]2)CCNC4)cc1. The van der Waals surface area contributed by atoms with Crippen molar-refractivity contribution in [1.29, 1.82) is 0 Å². The van der Waals surface area contributed by atoms with Crippen molar-refractivity contribution in [3.63, 3.8) is 0 Å². The summed E-state index contributed by atoms with van der Waals surface area (Å²) >= 11 is 1.61. The number of H-pyrrole nitrogens is 1. The van der Waals surface area contributed by atoms with Crippen molar-refractivity contribution in [2.24, 2.45) is 0 Å². The van der Waals surface area contributed by atoms with Crippen LogP contribution in [0.3, 0.4) is 0 Å². The Bertz CT molecular complexity index is 896. The molecule has 0 saturated carbocycles. The van der Waals surface area contributed by atoms with Gasteiger partial charge < -0.3 is 15.0 Å². The van der Waals surface area contributed by atoms with Crippen LogP contribution >= 0.6 is 11.3 Å². The molecule has 1 aliphatic rings. The van der Waals surface area contributed by atoms with Gasteiger partial charge in [0.05, 0.1) is 12.5 Å². The predicted molar refractivity (Wildman–Crippen MR) is 87.6 cm³/mol. The molecule has 3 aromatic rings. The second-order valence-corrected chi connectivity index (χ2v) is 6.34. The number of nitrogens with zero attached hydrogens (tertiary/aromatic N) is 1. The molecule has 0 amide bonds. The van der Waals surface area contributed by atoms with E-state index in [0.29, 0.717) is 5.82 Å². The second-order valence-electron chi connectivity index (χ2n) is 5.25. The van der Waals surface area contributed by atoms with Crippen LogP contribution in [0.15, 0.2) is 29.1 Å².